The van der Waals surface area contributed by atoms with E-state index >= 15 is 0 Å². The van der Waals surface area contributed by atoms with Crippen LogP contribution in [0.1, 0.15) is 15.9 Å². The summed E-state index contributed by atoms with van der Waals surface area (Å²) in [6.07, 6.45) is -4.94. The highest BCUT2D eigenvalue weighted by Crippen LogP contribution is 2.33. The van der Waals surface area contributed by atoms with Crippen LogP contribution in [0.25, 0.3) is 0 Å². The molecule has 0 bridgehead atoms. The number of hydrogen-bond acceptors (Lipinski definition) is 3. The summed E-state index contributed by atoms with van der Waals surface area (Å²) in [6.45, 7) is 0. The van der Waals surface area contributed by atoms with Crippen molar-refractivity contribution in [3.63, 3.8) is 0 Å². The van der Waals surface area contributed by atoms with Gasteiger partial charge in [0, 0.05) is 17.8 Å². The topological polar surface area (TPSA) is 72.2 Å². The molecule has 0 saturated heterocycles. The van der Waals surface area contributed by atoms with Gasteiger partial charge in [-0.1, -0.05) is 11.6 Å². The number of halogens is 5. The van der Waals surface area contributed by atoms with Crippen molar-refractivity contribution in [2.75, 3.05) is 5.32 Å². The quantitative estimate of drug-likeness (QED) is 0.490. The summed E-state index contributed by atoms with van der Waals surface area (Å²) in [5, 5.41) is 12.7. The summed E-state index contributed by atoms with van der Waals surface area (Å²) in [7, 11) is 0. The fraction of sp³-hybridized carbons (Fsp3) is 0.0714. The van der Waals surface area contributed by atoms with E-state index in [0.717, 1.165) is 24.3 Å². The maximum absolute atomic E-state index is 13.2. The lowest BCUT2D eigenvalue weighted by atomic mass is 10.1. The molecule has 0 aromatic heterocycles. The van der Waals surface area contributed by atoms with Gasteiger partial charge in [0.05, 0.1) is 21.1 Å². The van der Waals surface area contributed by atoms with Crippen molar-refractivity contribution in [1.29, 1.82) is 0 Å². The smallest absolute Gasteiger partial charge is 0.322 e. The Morgan fingerprint density at radius 2 is 1.83 bits per heavy atom. The number of rotatable bonds is 3. The van der Waals surface area contributed by atoms with E-state index in [0.29, 0.717) is 12.1 Å². The zero-order valence-corrected chi connectivity index (χ0v) is 12.3. The van der Waals surface area contributed by atoms with Crippen LogP contribution < -0.4 is 5.32 Å². The SMILES string of the molecule is O=C(Nc1ccc(F)c(C(F)(F)F)c1)c1cc([N+](=O)[O-])ccc1Cl. The van der Waals surface area contributed by atoms with Gasteiger partial charge in [-0.15, -0.1) is 0 Å². The molecule has 0 unspecified atom stereocenters. The van der Waals surface area contributed by atoms with Crippen molar-refractivity contribution < 1.29 is 27.3 Å². The van der Waals surface area contributed by atoms with Crippen LogP contribution in [0.5, 0.6) is 0 Å². The molecule has 2 rings (SSSR count). The van der Waals surface area contributed by atoms with E-state index in [2.05, 4.69) is 5.32 Å². The van der Waals surface area contributed by atoms with Crippen molar-refractivity contribution in [2.24, 2.45) is 0 Å². The van der Waals surface area contributed by atoms with Crippen molar-refractivity contribution in [3.8, 4) is 0 Å². The van der Waals surface area contributed by atoms with Crippen LogP contribution in [0.4, 0.5) is 28.9 Å². The lowest BCUT2D eigenvalue weighted by molar-refractivity contribution is -0.384. The molecule has 0 saturated carbocycles. The number of amides is 1. The number of anilines is 1. The maximum Gasteiger partial charge on any atom is 0.419 e. The predicted octanol–water partition coefficient (Wildman–Crippen LogP) is 4.66. The van der Waals surface area contributed by atoms with Gasteiger partial charge in [-0.2, -0.15) is 13.2 Å². The number of hydrogen-bond donors (Lipinski definition) is 1. The first kappa shape index (κ1) is 17.7. The number of carbonyl (C=O) groups is 1. The molecule has 0 spiro atoms. The third-order valence-electron chi connectivity index (χ3n) is 2.94. The van der Waals surface area contributed by atoms with Gasteiger partial charge in [0.2, 0.25) is 0 Å². The van der Waals surface area contributed by atoms with E-state index in [1.807, 2.05) is 0 Å². The van der Waals surface area contributed by atoms with E-state index in [4.69, 9.17) is 11.6 Å². The van der Waals surface area contributed by atoms with Crippen LogP contribution in [0.3, 0.4) is 0 Å². The molecule has 0 heterocycles. The second-order valence-electron chi connectivity index (χ2n) is 4.57. The minimum Gasteiger partial charge on any atom is -0.322 e. The number of nitrogens with zero attached hydrogens (tertiary/aromatic N) is 1. The van der Waals surface area contributed by atoms with Gasteiger partial charge in [0.15, 0.2) is 0 Å². The number of alkyl halides is 3. The molecule has 0 fully saturated rings. The average molecular weight is 363 g/mol. The van der Waals surface area contributed by atoms with Gasteiger partial charge in [-0.05, 0) is 24.3 Å². The lowest BCUT2D eigenvalue weighted by Crippen LogP contribution is -2.15. The summed E-state index contributed by atoms with van der Waals surface area (Å²) < 4.78 is 51.1. The molecule has 2 aromatic carbocycles. The summed E-state index contributed by atoms with van der Waals surface area (Å²) >= 11 is 5.77. The summed E-state index contributed by atoms with van der Waals surface area (Å²) in [5.74, 6) is -2.46. The fourth-order valence-corrected chi connectivity index (χ4v) is 2.02. The Bertz CT molecular complexity index is 824. The molecule has 0 radical (unpaired) electrons. The van der Waals surface area contributed by atoms with Crippen molar-refractivity contribution in [3.05, 3.63) is 68.5 Å². The number of nitrogens with one attached hydrogen (secondary N) is 1. The van der Waals surface area contributed by atoms with Crippen LogP contribution in [-0.4, -0.2) is 10.8 Å². The Balaban J connectivity index is 2.34. The van der Waals surface area contributed by atoms with Gasteiger partial charge in [0.25, 0.3) is 11.6 Å². The second kappa shape index (κ2) is 6.44. The first-order valence-corrected chi connectivity index (χ1v) is 6.59. The third-order valence-corrected chi connectivity index (χ3v) is 3.26. The van der Waals surface area contributed by atoms with E-state index in [1.165, 1.54) is 0 Å². The first-order chi connectivity index (χ1) is 11.1. The number of nitro groups is 1. The van der Waals surface area contributed by atoms with Crippen molar-refractivity contribution in [2.45, 2.75) is 6.18 Å². The molecule has 10 heteroatoms. The standard InChI is InChI=1S/C14H7ClF4N2O3/c15-11-3-2-8(21(23)24)6-9(11)13(22)20-7-1-4-12(16)10(5-7)14(17,18)19/h1-6H,(H,20,22). The summed E-state index contributed by atoms with van der Waals surface area (Å²) in [5.41, 5.74) is -2.61. The zero-order chi connectivity index (χ0) is 18.1. The Morgan fingerprint density at radius 1 is 1.17 bits per heavy atom. The van der Waals surface area contributed by atoms with Gasteiger partial charge < -0.3 is 5.32 Å². The molecule has 0 aliphatic rings. The van der Waals surface area contributed by atoms with E-state index in [1.54, 1.807) is 0 Å². The molecule has 2 aromatic rings. The summed E-state index contributed by atoms with van der Waals surface area (Å²) in [6, 6.07) is 4.95. The molecule has 0 aliphatic heterocycles. The highest BCUT2D eigenvalue weighted by Gasteiger charge is 2.34. The van der Waals surface area contributed by atoms with Crippen LogP contribution in [0, 0.1) is 15.9 Å². The molecule has 1 amide bonds. The molecule has 1 N–H and O–H groups in total. The van der Waals surface area contributed by atoms with Crippen molar-refractivity contribution >= 4 is 28.9 Å². The molecule has 0 atom stereocenters. The zero-order valence-electron chi connectivity index (χ0n) is 11.5. The largest absolute Gasteiger partial charge is 0.419 e. The minimum absolute atomic E-state index is 0.128. The molecule has 24 heavy (non-hydrogen) atoms. The van der Waals surface area contributed by atoms with Crippen molar-refractivity contribution in [1.82, 2.24) is 0 Å². The number of benzene rings is 2. The van der Waals surface area contributed by atoms with E-state index < -0.39 is 34.1 Å². The normalized spacial score (nSPS) is 11.2. The monoisotopic (exact) mass is 362 g/mol. The molecule has 0 aliphatic carbocycles. The average Bonchev–Trinajstić information content (AvgIpc) is 2.48. The Hall–Kier alpha value is -2.68. The minimum atomic E-state index is -4.94. The highest BCUT2D eigenvalue weighted by atomic mass is 35.5. The first-order valence-electron chi connectivity index (χ1n) is 6.21. The number of non-ortho nitro benzene ring substituents is 1. The molecular weight excluding hydrogens is 356 g/mol. The van der Waals surface area contributed by atoms with Crippen LogP contribution in [0.2, 0.25) is 5.02 Å². The lowest BCUT2D eigenvalue weighted by Gasteiger charge is -2.11. The fourth-order valence-electron chi connectivity index (χ4n) is 1.82. The third kappa shape index (κ3) is 3.80. The Kier molecular flexibility index (Phi) is 4.74. The molecular formula is C14H7ClF4N2O3. The molecule has 5 nitrogen and oxygen atoms in total. The van der Waals surface area contributed by atoms with E-state index in [-0.39, 0.29) is 16.3 Å². The van der Waals surface area contributed by atoms with Gasteiger partial charge in [0.1, 0.15) is 5.82 Å². The maximum atomic E-state index is 13.2. The van der Waals surface area contributed by atoms with Gasteiger partial charge in [-0.25, -0.2) is 4.39 Å². The predicted molar refractivity (Wildman–Crippen MR) is 77.5 cm³/mol. The summed E-state index contributed by atoms with van der Waals surface area (Å²) in [4.78, 5) is 22.0. The Morgan fingerprint density at radius 3 is 2.42 bits per heavy atom. The highest BCUT2D eigenvalue weighted by molar-refractivity contribution is 6.34. The van der Waals surface area contributed by atoms with Crippen LogP contribution in [0.15, 0.2) is 36.4 Å². The number of nitro benzene ring substituents is 1. The second-order valence-corrected chi connectivity index (χ2v) is 4.97. The van der Waals surface area contributed by atoms with Gasteiger partial charge >= 0.3 is 6.18 Å². The van der Waals surface area contributed by atoms with Gasteiger partial charge in [-0.3, -0.25) is 14.9 Å². The number of carbonyl (C=O) groups excluding carboxylic acids is 1. The van der Waals surface area contributed by atoms with E-state index in [9.17, 15) is 32.5 Å². The molecule has 126 valence electrons. The Labute approximate surface area is 137 Å². The van der Waals surface area contributed by atoms with Crippen LogP contribution in [-0.2, 0) is 6.18 Å². The van der Waals surface area contributed by atoms with Crippen LogP contribution >= 0.6 is 11.6 Å².